The monoisotopic (exact) mass is 361 g/mol. The Hall–Kier alpha value is -2.07. The molecule has 25 heavy (non-hydrogen) atoms. The van der Waals surface area contributed by atoms with Crippen molar-refractivity contribution in [3.63, 3.8) is 0 Å². The van der Waals surface area contributed by atoms with Crippen molar-refractivity contribution < 1.29 is 14.3 Å². The minimum absolute atomic E-state index is 0.0645. The van der Waals surface area contributed by atoms with Crippen molar-refractivity contribution in [2.24, 2.45) is 5.92 Å². The first kappa shape index (κ1) is 19.3. The van der Waals surface area contributed by atoms with E-state index in [9.17, 15) is 14.9 Å². The quantitative estimate of drug-likeness (QED) is 0.592. The number of ether oxygens (including phenoxy) is 1. The zero-order valence-corrected chi connectivity index (χ0v) is 15.7. The van der Waals surface area contributed by atoms with Crippen molar-refractivity contribution in [2.75, 3.05) is 25.4 Å². The first-order chi connectivity index (χ1) is 12.0. The van der Waals surface area contributed by atoms with Crippen molar-refractivity contribution >= 4 is 23.6 Å². The average molecular weight is 361 g/mol. The number of nitriles is 1. The number of rotatable bonds is 5. The fraction of sp³-hybridized carbons (Fsp3) is 0.556. The van der Waals surface area contributed by atoms with Crippen LogP contribution in [-0.4, -0.2) is 47.2 Å². The molecule has 1 aromatic heterocycles. The third kappa shape index (κ3) is 4.95. The minimum atomic E-state index is -0.487. The Morgan fingerprint density at radius 2 is 2.12 bits per heavy atom. The molecule has 1 aromatic rings. The maximum atomic E-state index is 12.3. The van der Waals surface area contributed by atoms with E-state index in [1.54, 1.807) is 13.8 Å². The molecular weight excluding hydrogens is 338 g/mol. The molecule has 0 spiro atoms. The van der Waals surface area contributed by atoms with Crippen LogP contribution in [0.5, 0.6) is 0 Å². The van der Waals surface area contributed by atoms with Crippen molar-refractivity contribution in [1.82, 2.24) is 9.88 Å². The van der Waals surface area contributed by atoms with E-state index in [2.05, 4.69) is 18.0 Å². The van der Waals surface area contributed by atoms with Crippen LogP contribution < -0.4 is 0 Å². The van der Waals surface area contributed by atoms with E-state index in [1.165, 1.54) is 17.8 Å². The molecule has 1 amide bonds. The predicted octanol–water partition coefficient (Wildman–Crippen LogP) is 2.79. The fourth-order valence-corrected chi connectivity index (χ4v) is 3.57. The second-order valence-corrected chi connectivity index (χ2v) is 7.12. The summed E-state index contributed by atoms with van der Waals surface area (Å²) in [6.07, 6.45) is 2.07. The molecule has 0 N–H and O–H groups in total. The number of piperidine rings is 1. The Bertz CT molecular complexity index is 692. The highest BCUT2D eigenvalue weighted by Gasteiger charge is 2.22. The smallest absolute Gasteiger partial charge is 0.340 e. The van der Waals surface area contributed by atoms with Gasteiger partial charge in [0.15, 0.2) is 0 Å². The zero-order chi connectivity index (χ0) is 18.4. The zero-order valence-electron chi connectivity index (χ0n) is 14.9. The predicted molar refractivity (Wildman–Crippen MR) is 95.3 cm³/mol. The molecular formula is C18H23N3O3S. The maximum Gasteiger partial charge on any atom is 0.340 e. The van der Waals surface area contributed by atoms with E-state index in [0.29, 0.717) is 27.8 Å². The minimum Gasteiger partial charge on any atom is -0.462 e. The van der Waals surface area contributed by atoms with Crippen molar-refractivity contribution in [3.05, 3.63) is 22.9 Å². The molecule has 0 radical (unpaired) electrons. The van der Waals surface area contributed by atoms with Crippen LogP contribution in [0.15, 0.2) is 11.1 Å². The van der Waals surface area contributed by atoms with E-state index in [1.807, 2.05) is 4.90 Å². The SMILES string of the molecule is CCOC(=O)c1cc(C#N)c(SCC(=O)N2CCC(C)CC2)nc1C. The molecule has 1 fully saturated rings. The molecule has 7 heteroatoms. The summed E-state index contributed by atoms with van der Waals surface area (Å²) in [6.45, 7) is 7.47. The maximum absolute atomic E-state index is 12.3. The molecule has 2 heterocycles. The molecule has 2 rings (SSSR count). The number of esters is 1. The van der Waals surface area contributed by atoms with Crippen LogP contribution in [0.3, 0.4) is 0 Å². The standard InChI is InChI=1S/C18H23N3O3S/c1-4-24-18(23)15-9-14(10-19)17(20-13(15)3)25-11-16(22)21-7-5-12(2)6-8-21/h9,12H,4-8,11H2,1-3H3. The fourth-order valence-electron chi connectivity index (χ4n) is 2.67. The van der Waals surface area contributed by atoms with Gasteiger partial charge in [-0.25, -0.2) is 9.78 Å². The molecule has 0 aliphatic carbocycles. The lowest BCUT2D eigenvalue weighted by Gasteiger charge is -2.30. The second kappa shape index (κ2) is 8.86. The summed E-state index contributed by atoms with van der Waals surface area (Å²) >= 11 is 1.25. The Kier molecular flexibility index (Phi) is 6.82. The number of hydrogen-bond donors (Lipinski definition) is 0. The van der Waals surface area contributed by atoms with Crippen LogP contribution in [0.2, 0.25) is 0 Å². The molecule has 0 saturated carbocycles. The molecule has 134 valence electrons. The molecule has 0 bridgehead atoms. The summed E-state index contributed by atoms with van der Waals surface area (Å²) in [5, 5.41) is 9.82. The topological polar surface area (TPSA) is 83.3 Å². The third-order valence-electron chi connectivity index (χ3n) is 4.26. The van der Waals surface area contributed by atoms with Crippen LogP contribution in [0, 0.1) is 24.2 Å². The Balaban J connectivity index is 2.06. The van der Waals surface area contributed by atoms with Crippen molar-refractivity contribution in [2.45, 2.75) is 38.6 Å². The molecule has 0 atom stereocenters. The number of thioether (sulfide) groups is 1. The van der Waals surface area contributed by atoms with Crippen LogP contribution in [-0.2, 0) is 9.53 Å². The lowest BCUT2D eigenvalue weighted by atomic mass is 9.99. The van der Waals surface area contributed by atoms with E-state index in [0.717, 1.165) is 25.9 Å². The summed E-state index contributed by atoms with van der Waals surface area (Å²) in [4.78, 5) is 30.5. The van der Waals surface area contributed by atoms with Gasteiger partial charge in [-0.1, -0.05) is 18.7 Å². The van der Waals surface area contributed by atoms with Crippen LogP contribution in [0.4, 0.5) is 0 Å². The van der Waals surface area contributed by atoms with Crippen LogP contribution in [0.1, 0.15) is 48.3 Å². The third-order valence-corrected chi connectivity index (χ3v) is 5.24. The highest BCUT2D eigenvalue weighted by Crippen LogP contribution is 2.24. The summed E-state index contributed by atoms with van der Waals surface area (Å²) in [7, 11) is 0. The summed E-state index contributed by atoms with van der Waals surface area (Å²) in [6, 6.07) is 3.55. The number of likely N-dealkylation sites (tertiary alicyclic amines) is 1. The number of hydrogen-bond acceptors (Lipinski definition) is 6. The van der Waals surface area contributed by atoms with Gasteiger partial charge >= 0.3 is 5.97 Å². The van der Waals surface area contributed by atoms with Gasteiger partial charge in [0.2, 0.25) is 5.91 Å². The molecule has 1 aliphatic heterocycles. The number of aryl methyl sites for hydroxylation is 1. The van der Waals surface area contributed by atoms with Gasteiger partial charge in [0, 0.05) is 13.1 Å². The number of carbonyl (C=O) groups is 2. The summed E-state index contributed by atoms with van der Waals surface area (Å²) < 4.78 is 4.98. The Morgan fingerprint density at radius 1 is 1.44 bits per heavy atom. The Morgan fingerprint density at radius 3 is 2.72 bits per heavy atom. The molecule has 1 aliphatic rings. The van der Waals surface area contributed by atoms with E-state index >= 15 is 0 Å². The van der Waals surface area contributed by atoms with Gasteiger partial charge in [-0.3, -0.25) is 4.79 Å². The van der Waals surface area contributed by atoms with E-state index in [-0.39, 0.29) is 18.3 Å². The number of nitrogens with zero attached hydrogens (tertiary/aromatic N) is 3. The highest BCUT2D eigenvalue weighted by atomic mass is 32.2. The molecule has 0 aromatic carbocycles. The largest absolute Gasteiger partial charge is 0.462 e. The van der Waals surface area contributed by atoms with E-state index < -0.39 is 5.97 Å². The number of amides is 1. The summed E-state index contributed by atoms with van der Waals surface area (Å²) in [5.74, 6) is 0.490. The first-order valence-electron chi connectivity index (χ1n) is 8.45. The van der Waals surface area contributed by atoms with Gasteiger partial charge in [0.1, 0.15) is 11.1 Å². The number of pyridine rings is 1. The lowest BCUT2D eigenvalue weighted by molar-refractivity contribution is -0.129. The number of carbonyl (C=O) groups excluding carboxylic acids is 2. The second-order valence-electron chi connectivity index (χ2n) is 6.16. The van der Waals surface area contributed by atoms with Gasteiger partial charge in [-0.2, -0.15) is 5.26 Å². The van der Waals surface area contributed by atoms with Gasteiger partial charge in [0.05, 0.1) is 29.2 Å². The van der Waals surface area contributed by atoms with Gasteiger partial charge < -0.3 is 9.64 Å². The highest BCUT2D eigenvalue weighted by molar-refractivity contribution is 7.99. The van der Waals surface area contributed by atoms with Gasteiger partial charge in [-0.05, 0) is 38.7 Å². The first-order valence-corrected chi connectivity index (χ1v) is 9.44. The molecule has 0 unspecified atom stereocenters. The van der Waals surface area contributed by atoms with Crippen LogP contribution in [0.25, 0.3) is 0 Å². The average Bonchev–Trinajstić information content (AvgIpc) is 2.60. The lowest BCUT2D eigenvalue weighted by Crippen LogP contribution is -2.38. The van der Waals surface area contributed by atoms with E-state index in [4.69, 9.17) is 4.74 Å². The van der Waals surface area contributed by atoms with Crippen LogP contribution >= 0.6 is 11.8 Å². The Labute approximate surface area is 152 Å². The van der Waals surface area contributed by atoms with Gasteiger partial charge in [-0.15, -0.1) is 0 Å². The summed E-state index contributed by atoms with van der Waals surface area (Å²) in [5.41, 5.74) is 1.08. The van der Waals surface area contributed by atoms with Crippen molar-refractivity contribution in [1.29, 1.82) is 5.26 Å². The normalized spacial score (nSPS) is 14.9. The number of aromatic nitrogens is 1. The van der Waals surface area contributed by atoms with Crippen molar-refractivity contribution in [3.8, 4) is 6.07 Å². The molecule has 1 saturated heterocycles. The van der Waals surface area contributed by atoms with Gasteiger partial charge in [0.25, 0.3) is 0 Å². The molecule has 6 nitrogen and oxygen atoms in total.